The van der Waals surface area contributed by atoms with E-state index < -0.39 is 5.41 Å². The van der Waals surface area contributed by atoms with Crippen molar-refractivity contribution in [3.05, 3.63) is 264 Å². The van der Waals surface area contributed by atoms with Crippen molar-refractivity contribution in [2.75, 3.05) is 9.80 Å². The van der Waals surface area contributed by atoms with Crippen molar-refractivity contribution in [1.29, 1.82) is 0 Å². The summed E-state index contributed by atoms with van der Waals surface area (Å²) in [6.45, 7) is 0. The number of halogens is 2. The van der Waals surface area contributed by atoms with Crippen molar-refractivity contribution in [2.24, 2.45) is 0 Å². The van der Waals surface area contributed by atoms with Crippen LogP contribution in [0.2, 0.25) is 0 Å². The number of nitrogens with zero attached hydrogens (tertiary/aromatic N) is 2. The average molecular weight is 837 g/mol. The van der Waals surface area contributed by atoms with Crippen molar-refractivity contribution >= 4 is 66.4 Å². The van der Waals surface area contributed by atoms with Crippen LogP contribution in [0.3, 0.4) is 0 Å². The van der Waals surface area contributed by atoms with E-state index in [-0.39, 0.29) is 11.6 Å². The third kappa shape index (κ3) is 5.44. The van der Waals surface area contributed by atoms with Crippen molar-refractivity contribution in [2.45, 2.75) is 5.41 Å². The van der Waals surface area contributed by atoms with E-state index in [1.54, 1.807) is 12.1 Å². The largest absolute Gasteiger partial charge is 0.308 e. The summed E-state index contributed by atoms with van der Waals surface area (Å²) in [5, 5.41) is 6.78. The van der Waals surface area contributed by atoms with Gasteiger partial charge in [-0.1, -0.05) is 146 Å². The number of benzene rings is 11. The molecule has 0 heterocycles. The first-order chi connectivity index (χ1) is 32.1. The van der Waals surface area contributed by atoms with Crippen LogP contribution in [-0.4, -0.2) is 0 Å². The summed E-state index contributed by atoms with van der Waals surface area (Å²) in [5.41, 5.74) is 13.6. The lowest BCUT2D eigenvalue weighted by atomic mass is 9.69. The minimum absolute atomic E-state index is 0.290. The van der Waals surface area contributed by atoms with Crippen LogP contribution in [0.4, 0.5) is 42.9 Å². The van der Waals surface area contributed by atoms with Crippen molar-refractivity contribution in [3.8, 4) is 22.3 Å². The molecule has 11 aromatic carbocycles. The predicted octanol–water partition coefficient (Wildman–Crippen LogP) is 16.7. The molecule has 0 saturated carbocycles. The number of para-hydroxylation sites is 4. The molecule has 306 valence electrons. The molecule has 2 nitrogen and oxygen atoms in total. The topological polar surface area (TPSA) is 6.48 Å². The normalized spacial score (nSPS) is 14.4. The summed E-state index contributed by atoms with van der Waals surface area (Å²) < 4.78 is 31.5. The molecule has 13 rings (SSSR count). The summed E-state index contributed by atoms with van der Waals surface area (Å²) in [6.07, 6.45) is 0. The molecule has 11 aromatic rings. The molecule has 0 radical (unpaired) electrons. The van der Waals surface area contributed by atoms with E-state index in [0.29, 0.717) is 11.4 Å². The molecule has 0 saturated heterocycles. The van der Waals surface area contributed by atoms with Crippen molar-refractivity contribution in [3.63, 3.8) is 0 Å². The van der Waals surface area contributed by atoms with Gasteiger partial charge in [0.15, 0.2) is 0 Å². The number of anilines is 6. The van der Waals surface area contributed by atoms with E-state index in [2.05, 4.69) is 121 Å². The van der Waals surface area contributed by atoms with Crippen LogP contribution < -0.4 is 9.80 Å². The second-order valence-corrected chi connectivity index (χ2v) is 17.1. The van der Waals surface area contributed by atoms with Crippen LogP contribution in [0.25, 0.3) is 54.6 Å². The Bertz CT molecular complexity index is 3710. The first kappa shape index (κ1) is 37.2. The highest BCUT2D eigenvalue weighted by Crippen LogP contribution is 2.65. The van der Waals surface area contributed by atoms with Gasteiger partial charge in [-0.05, 0) is 162 Å². The number of hydrogen-bond donors (Lipinski definition) is 0. The number of fused-ring (bicyclic) bond motifs is 15. The van der Waals surface area contributed by atoms with Gasteiger partial charge in [0, 0.05) is 22.7 Å². The average Bonchev–Trinajstić information content (AvgIpc) is 3.82. The van der Waals surface area contributed by atoms with Gasteiger partial charge in [-0.15, -0.1) is 0 Å². The summed E-state index contributed by atoms with van der Waals surface area (Å²) in [5.74, 6) is -0.579. The van der Waals surface area contributed by atoms with Gasteiger partial charge in [0.1, 0.15) is 11.6 Å². The van der Waals surface area contributed by atoms with Gasteiger partial charge in [-0.25, -0.2) is 8.78 Å². The zero-order chi connectivity index (χ0) is 43.2. The molecular weight excluding hydrogens is 799 g/mol. The summed E-state index contributed by atoms with van der Waals surface area (Å²) in [7, 11) is 0. The smallest absolute Gasteiger partial charge is 0.147 e. The Morgan fingerprint density at radius 2 is 0.877 bits per heavy atom. The molecular formula is C61H38F2N2. The summed E-state index contributed by atoms with van der Waals surface area (Å²) in [6, 6.07) is 78.6. The van der Waals surface area contributed by atoms with E-state index in [1.807, 2.05) is 94.7 Å². The fourth-order valence-corrected chi connectivity index (χ4v) is 11.1. The molecule has 65 heavy (non-hydrogen) atoms. The van der Waals surface area contributed by atoms with Gasteiger partial charge >= 0.3 is 0 Å². The summed E-state index contributed by atoms with van der Waals surface area (Å²) >= 11 is 0. The zero-order valence-corrected chi connectivity index (χ0v) is 35.1. The van der Waals surface area contributed by atoms with Crippen molar-refractivity contribution < 1.29 is 8.78 Å². The number of rotatable bonds is 6. The summed E-state index contributed by atoms with van der Waals surface area (Å²) in [4.78, 5) is 4.01. The molecule has 0 N–H and O–H groups in total. The van der Waals surface area contributed by atoms with Gasteiger partial charge in [0.25, 0.3) is 0 Å². The first-order valence-electron chi connectivity index (χ1n) is 22.1. The lowest BCUT2D eigenvalue weighted by molar-refractivity contribution is 0.628. The van der Waals surface area contributed by atoms with E-state index in [1.165, 1.54) is 67.4 Å². The van der Waals surface area contributed by atoms with Gasteiger partial charge in [0.2, 0.25) is 0 Å². The van der Waals surface area contributed by atoms with Crippen LogP contribution in [0.15, 0.2) is 231 Å². The molecule has 0 bridgehead atoms. The van der Waals surface area contributed by atoms with Crippen LogP contribution in [-0.2, 0) is 5.41 Å². The lowest BCUT2D eigenvalue weighted by Crippen LogP contribution is -2.26. The maximum Gasteiger partial charge on any atom is 0.147 e. The highest BCUT2D eigenvalue weighted by atomic mass is 19.1. The Labute approximate surface area is 375 Å². The standard InChI is InChI=1S/C61H38F2N2/c62-55-23-11-13-25-57(55)64(43-16-3-1-4-17-43)45-30-27-40-37-51-49-32-28-41-35-46(65(44-18-5-2-6-19-44)58-26-14-12-24-56(58)63)31-33-48(41)60(49)61(54(51)38-42(40)36-45)52-22-10-9-21-50(52)59-47-20-8-7-15-39(47)29-34-53(59)61/h1-38H. The Kier molecular flexibility index (Phi) is 8.22. The molecule has 1 spiro atoms. The number of hydrogen-bond acceptors (Lipinski definition) is 2. The molecule has 4 heteroatoms. The van der Waals surface area contributed by atoms with E-state index >= 15 is 8.78 Å². The van der Waals surface area contributed by atoms with Gasteiger partial charge in [-0.2, -0.15) is 0 Å². The van der Waals surface area contributed by atoms with Crippen LogP contribution >= 0.6 is 0 Å². The SMILES string of the molecule is Fc1ccccc1N(c1ccccc1)c1ccc2cc3c(cc2c1)C1(c2ccccc2-c2c1ccc1ccccc21)c1c-3ccc2cc(N(c3ccccc3)c3ccccc3F)ccc12. The minimum atomic E-state index is -0.679. The Balaban J connectivity index is 1.09. The zero-order valence-electron chi connectivity index (χ0n) is 35.1. The second kappa shape index (κ2) is 14.3. The van der Waals surface area contributed by atoms with Crippen LogP contribution in [0, 0.1) is 11.6 Å². The molecule has 1 atom stereocenters. The quantitative estimate of drug-likeness (QED) is 0.165. The maximum absolute atomic E-state index is 15.8. The monoisotopic (exact) mass is 836 g/mol. The van der Waals surface area contributed by atoms with Gasteiger partial charge < -0.3 is 9.80 Å². The van der Waals surface area contributed by atoms with Crippen LogP contribution in [0.1, 0.15) is 22.3 Å². The fourth-order valence-electron chi connectivity index (χ4n) is 11.1. The van der Waals surface area contributed by atoms with E-state index in [0.717, 1.165) is 44.3 Å². The second-order valence-electron chi connectivity index (χ2n) is 17.1. The molecule has 1 unspecified atom stereocenters. The highest BCUT2D eigenvalue weighted by Gasteiger charge is 2.53. The molecule has 0 aliphatic heterocycles. The first-order valence-corrected chi connectivity index (χ1v) is 22.1. The third-order valence-corrected chi connectivity index (χ3v) is 13.7. The molecule has 2 aliphatic carbocycles. The van der Waals surface area contributed by atoms with Crippen molar-refractivity contribution in [1.82, 2.24) is 0 Å². The molecule has 0 amide bonds. The fraction of sp³-hybridized carbons (Fsp3) is 0.0164. The lowest BCUT2D eigenvalue weighted by Gasteiger charge is -2.32. The Hall–Kier alpha value is -8.34. The molecule has 0 aromatic heterocycles. The maximum atomic E-state index is 15.8. The van der Waals surface area contributed by atoms with E-state index in [4.69, 9.17) is 0 Å². The molecule has 2 aliphatic rings. The van der Waals surface area contributed by atoms with Gasteiger partial charge in [0.05, 0.1) is 16.8 Å². The van der Waals surface area contributed by atoms with Crippen LogP contribution in [0.5, 0.6) is 0 Å². The minimum Gasteiger partial charge on any atom is -0.308 e. The van der Waals surface area contributed by atoms with Gasteiger partial charge in [-0.3, -0.25) is 0 Å². The Morgan fingerprint density at radius 3 is 1.58 bits per heavy atom. The predicted molar refractivity (Wildman–Crippen MR) is 265 cm³/mol. The third-order valence-electron chi connectivity index (χ3n) is 13.7. The molecule has 0 fully saturated rings. The van der Waals surface area contributed by atoms with E-state index in [9.17, 15) is 0 Å². The Morgan fingerprint density at radius 1 is 0.308 bits per heavy atom. The highest BCUT2D eigenvalue weighted by molar-refractivity contribution is 6.11.